The third-order valence-electron chi connectivity index (χ3n) is 2.06. The van der Waals surface area contributed by atoms with Crippen LogP contribution in [0.5, 0.6) is 0 Å². The van der Waals surface area contributed by atoms with Gasteiger partial charge in [-0.2, -0.15) is 0 Å². The first-order chi connectivity index (χ1) is 8.34. The van der Waals surface area contributed by atoms with Gasteiger partial charge in [-0.05, 0) is 17.7 Å². The molecule has 1 aromatic heterocycles. The number of nitrogens with zero attached hydrogens (tertiary/aromatic N) is 1. The van der Waals surface area contributed by atoms with E-state index in [2.05, 4.69) is 16.5 Å². The number of pyridine rings is 1. The molecule has 0 unspecified atom stereocenters. The van der Waals surface area contributed by atoms with Crippen LogP contribution >= 0.6 is 0 Å². The lowest BCUT2D eigenvalue weighted by Gasteiger charge is -2.06. The molecule has 0 spiro atoms. The Morgan fingerprint density at radius 1 is 1.24 bits per heavy atom. The number of hydrogen-bond donors (Lipinski definition) is 1. The van der Waals surface area contributed by atoms with Crippen molar-refractivity contribution in [2.24, 2.45) is 0 Å². The maximum absolute atomic E-state index is 11.4. The number of hydrogen-bond acceptors (Lipinski definition) is 3. The first-order valence-electron chi connectivity index (χ1n) is 5.15. The van der Waals surface area contributed by atoms with Crippen LogP contribution in [-0.4, -0.2) is 11.1 Å². The number of benzene rings is 1. The number of amides is 1. The number of carbonyl (C=O) groups excluding carboxylic acids is 1. The van der Waals surface area contributed by atoms with Crippen molar-refractivity contribution in [3.63, 3.8) is 0 Å². The van der Waals surface area contributed by atoms with Gasteiger partial charge in [0.15, 0.2) is 0 Å². The zero-order chi connectivity index (χ0) is 11.9. The van der Waals surface area contributed by atoms with Gasteiger partial charge in [-0.25, -0.2) is 4.79 Å². The maximum atomic E-state index is 11.4. The normalized spacial score (nSPS) is 9.65. The van der Waals surface area contributed by atoms with E-state index in [1.807, 2.05) is 30.3 Å². The van der Waals surface area contributed by atoms with Crippen LogP contribution in [0.25, 0.3) is 0 Å². The fourth-order valence-electron chi connectivity index (χ4n) is 1.27. The molecule has 1 N–H and O–H groups in total. The van der Waals surface area contributed by atoms with E-state index in [0.717, 1.165) is 5.56 Å². The van der Waals surface area contributed by atoms with Gasteiger partial charge in [0.25, 0.3) is 0 Å². The van der Waals surface area contributed by atoms with Crippen molar-refractivity contribution in [2.45, 2.75) is 6.61 Å². The fraction of sp³-hybridized carbons (Fsp3) is 0.0769. The van der Waals surface area contributed by atoms with Gasteiger partial charge in [0, 0.05) is 6.20 Å². The van der Waals surface area contributed by atoms with Crippen LogP contribution in [0.3, 0.4) is 0 Å². The lowest BCUT2D eigenvalue weighted by Crippen LogP contribution is -2.13. The Balaban J connectivity index is 1.83. The zero-order valence-electron chi connectivity index (χ0n) is 9.09. The number of rotatable bonds is 3. The minimum atomic E-state index is -0.516. The van der Waals surface area contributed by atoms with Crippen molar-refractivity contribution in [3.8, 4) is 0 Å². The summed E-state index contributed by atoms with van der Waals surface area (Å²) < 4.78 is 5.03. The van der Waals surface area contributed by atoms with E-state index >= 15 is 0 Å². The Labute approximate surface area is 99.3 Å². The molecular weight excluding hydrogens is 216 g/mol. The largest absolute Gasteiger partial charge is 0.444 e. The predicted octanol–water partition coefficient (Wildman–Crippen LogP) is 2.63. The number of aromatic nitrogens is 1. The predicted molar refractivity (Wildman–Crippen MR) is 63.3 cm³/mol. The molecule has 4 nitrogen and oxygen atoms in total. The van der Waals surface area contributed by atoms with E-state index in [9.17, 15) is 4.79 Å². The average molecular weight is 227 g/mol. The molecule has 0 bridgehead atoms. The molecule has 1 radical (unpaired) electrons. The van der Waals surface area contributed by atoms with Crippen molar-refractivity contribution < 1.29 is 9.53 Å². The highest BCUT2D eigenvalue weighted by molar-refractivity contribution is 5.83. The average Bonchev–Trinajstić information content (AvgIpc) is 2.39. The molecule has 0 aliphatic rings. The van der Waals surface area contributed by atoms with Gasteiger partial charge in [-0.1, -0.05) is 30.3 Å². The first kappa shape index (κ1) is 11.1. The molecule has 0 aliphatic heterocycles. The Hall–Kier alpha value is -2.36. The van der Waals surface area contributed by atoms with E-state index in [-0.39, 0.29) is 6.61 Å². The molecule has 4 heteroatoms. The van der Waals surface area contributed by atoms with E-state index < -0.39 is 6.09 Å². The van der Waals surface area contributed by atoms with Crippen LogP contribution in [0.1, 0.15) is 5.56 Å². The lowest BCUT2D eigenvalue weighted by atomic mass is 10.2. The van der Waals surface area contributed by atoms with Crippen LogP contribution in [-0.2, 0) is 11.3 Å². The molecule has 0 saturated carbocycles. The summed E-state index contributed by atoms with van der Waals surface area (Å²) in [5.74, 6) is 0. The van der Waals surface area contributed by atoms with Crippen LogP contribution < -0.4 is 5.32 Å². The SMILES string of the molecule is O=C(Nc1[c]nccc1)OCc1ccccc1. The van der Waals surface area contributed by atoms with Gasteiger partial charge in [0.05, 0.1) is 5.69 Å². The van der Waals surface area contributed by atoms with Gasteiger partial charge in [-0.3, -0.25) is 10.3 Å². The van der Waals surface area contributed by atoms with Gasteiger partial charge in [0.2, 0.25) is 0 Å². The Morgan fingerprint density at radius 3 is 2.76 bits per heavy atom. The van der Waals surface area contributed by atoms with Crippen LogP contribution in [0.2, 0.25) is 0 Å². The number of anilines is 1. The summed E-state index contributed by atoms with van der Waals surface area (Å²) in [6, 6.07) is 12.9. The topological polar surface area (TPSA) is 51.2 Å². The van der Waals surface area contributed by atoms with E-state index in [1.54, 1.807) is 18.3 Å². The Kier molecular flexibility index (Phi) is 3.70. The molecule has 0 atom stereocenters. The molecule has 17 heavy (non-hydrogen) atoms. The highest BCUT2D eigenvalue weighted by Crippen LogP contribution is 2.04. The summed E-state index contributed by atoms with van der Waals surface area (Å²) in [5, 5.41) is 2.53. The molecule has 0 fully saturated rings. The molecule has 0 saturated heterocycles. The summed E-state index contributed by atoms with van der Waals surface area (Å²) in [4.78, 5) is 15.2. The molecule has 2 aromatic rings. The summed E-state index contributed by atoms with van der Waals surface area (Å²) in [6.45, 7) is 0.243. The molecule has 0 aliphatic carbocycles. The first-order valence-corrected chi connectivity index (χ1v) is 5.15. The lowest BCUT2D eigenvalue weighted by molar-refractivity contribution is 0.155. The third kappa shape index (κ3) is 3.61. The van der Waals surface area contributed by atoms with Gasteiger partial charge in [-0.15, -0.1) is 0 Å². The second kappa shape index (κ2) is 5.65. The highest BCUT2D eigenvalue weighted by Gasteiger charge is 2.03. The summed E-state index contributed by atoms with van der Waals surface area (Å²) in [5.41, 5.74) is 1.43. The molecule has 2 rings (SSSR count). The quantitative estimate of drug-likeness (QED) is 0.876. The summed E-state index contributed by atoms with van der Waals surface area (Å²) in [7, 11) is 0. The minimum absolute atomic E-state index is 0.243. The number of ether oxygens (including phenoxy) is 1. The molecule has 1 aromatic carbocycles. The summed E-state index contributed by atoms with van der Waals surface area (Å²) in [6.07, 6.45) is 3.70. The molecule has 1 heterocycles. The number of carbonyl (C=O) groups is 1. The maximum Gasteiger partial charge on any atom is 0.412 e. The van der Waals surface area contributed by atoms with Crippen LogP contribution in [0.4, 0.5) is 10.5 Å². The second-order valence-electron chi connectivity index (χ2n) is 3.35. The van der Waals surface area contributed by atoms with Crippen LogP contribution in [0.15, 0.2) is 48.7 Å². The fourth-order valence-corrected chi connectivity index (χ4v) is 1.27. The smallest absolute Gasteiger partial charge is 0.412 e. The van der Waals surface area contributed by atoms with E-state index in [0.29, 0.717) is 5.69 Å². The van der Waals surface area contributed by atoms with Crippen molar-refractivity contribution >= 4 is 11.8 Å². The van der Waals surface area contributed by atoms with Gasteiger partial charge >= 0.3 is 6.09 Å². The zero-order valence-corrected chi connectivity index (χ0v) is 9.09. The molecular formula is C13H11N2O2. The second-order valence-corrected chi connectivity index (χ2v) is 3.35. The van der Waals surface area contributed by atoms with E-state index in [1.165, 1.54) is 0 Å². The number of nitrogens with one attached hydrogen (secondary N) is 1. The van der Waals surface area contributed by atoms with Crippen LogP contribution in [0, 0.1) is 6.20 Å². The standard InChI is InChI=1S/C13H11N2O2/c16-13(15-12-7-4-8-14-9-12)17-10-11-5-2-1-3-6-11/h1-8H,10H2,(H,15,16). The Morgan fingerprint density at radius 2 is 2.06 bits per heavy atom. The third-order valence-corrected chi connectivity index (χ3v) is 2.06. The molecule has 1 amide bonds. The van der Waals surface area contributed by atoms with Crippen molar-refractivity contribution in [3.05, 3.63) is 60.4 Å². The van der Waals surface area contributed by atoms with Crippen molar-refractivity contribution in [2.75, 3.05) is 5.32 Å². The van der Waals surface area contributed by atoms with Gasteiger partial charge < -0.3 is 4.74 Å². The molecule has 85 valence electrons. The Bertz CT molecular complexity index is 471. The monoisotopic (exact) mass is 227 g/mol. The van der Waals surface area contributed by atoms with Crippen molar-refractivity contribution in [1.29, 1.82) is 0 Å². The summed E-state index contributed by atoms with van der Waals surface area (Å²) >= 11 is 0. The minimum Gasteiger partial charge on any atom is -0.444 e. The highest BCUT2D eigenvalue weighted by atomic mass is 16.5. The van der Waals surface area contributed by atoms with Gasteiger partial charge in [0.1, 0.15) is 12.8 Å². The van der Waals surface area contributed by atoms with Crippen molar-refractivity contribution in [1.82, 2.24) is 4.98 Å². The van der Waals surface area contributed by atoms with E-state index in [4.69, 9.17) is 4.74 Å².